The second kappa shape index (κ2) is 9.38. The molecule has 2 N–H and O–H groups in total. The number of anilines is 2. The maximum absolute atomic E-state index is 12.9. The van der Waals surface area contributed by atoms with Crippen LogP contribution in [0, 0.1) is 0 Å². The highest BCUT2D eigenvalue weighted by Gasteiger charge is 2.25. The van der Waals surface area contributed by atoms with Crippen molar-refractivity contribution in [3.8, 4) is 5.88 Å². The molecule has 2 amide bonds. The lowest BCUT2D eigenvalue weighted by Crippen LogP contribution is -2.45. The van der Waals surface area contributed by atoms with E-state index < -0.39 is 0 Å². The smallest absolute Gasteiger partial charge is 0.253 e. The molecule has 1 fully saturated rings. The SMILES string of the molecule is C=CC(=O)Nc1cccc(C(=O)N2CCCC(Nc3ncc(Cl)c(OC)n3)C2)c1. The van der Waals surface area contributed by atoms with Gasteiger partial charge in [0.1, 0.15) is 5.02 Å². The lowest BCUT2D eigenvalue weighted by atomic mass is 10.0. The summed E-state index contributed by atoms with van der Waals surface area (Å²) >= 11 is 5.96. The van der Waals surface area contributed by atoms with Crippen molar-refractivity contribution < 1.29 is 14.3 Å². The molecular weight excluding hydrogens is 394 g/mol. The number of ether oxygens (including phenoxy) is 1. The summed E-state index contributed by atoms with van der Waals surface area (Å²) in [6, 6.07) is 6.86. The fourth-order valence-electron chi connectivity index (χ4n) is 3.13. The summed E-state index contributed by atoms with van der Waals surface area (Å²) in [5.41, 5.74) is 1.06. The van der Waals surface area contributed by atoms with Crippen LogP contribution in [0.15, 0.2) is 43.1 Å². The summed E-state index contributed by atoms with van der Waals surface area (Å²) in [6.45, 7) is 4.59. The molecule has 2 aromatic rings. The average Bonchev–Trinajstić information content (AvgIpc) is 2.74. The summed E-state index contributed by atoms with van der Waals surface area (Å²) in [5.74, 6) is 0.280. The van der Waals surface area contributed by atoms with Gasteiger partial charge in [0, 0.05) is 30.4 Å². The van der Waals surface area contributed by atoms with Crippen molar-refractivity contribution in [2.45, 2.75) is 18.9 Å². The number of nitrogens with one attached hydrogen (secondary N) is 2. The third kappa shape index (κ3) is 5.23. The van der Waals surface area contributed by atoms with E-state index in [1.807, 2.05) is 0 Å². The Morgan fingerprint density at radius 3 is 3.00 bits per heavy atom. The number of hydrogen-bond donors (Lipinski definition) is 2. The van der Waals surface area contributed by atoms with Crippen LogP contribution in [0.3, 0.4) is 0 Å². The molecule has 1 atom stereocenters. The molecule has 9 heteroatoms. The van der Waals surface area contributed by atoms with Gasteiger partial charge in [0.15, 0.2) is 0 Å². The number of nitrogens with zero attached hydrogens (tertiary/aromatic N) is 3. The first-order valence-electron chi connectivity index (χ1n) is 9.16. The molecular formula is C20H22ClN5O3. The van der Waals surface area contributed by atoms with Crippen LogP contribution in [0.2, 0.25) is 5.02 Å². The zero-order valence-corrected chi connectivity index (χ0v) is 16.8. The fourth-order valence-corrected chi connectivity index (χ4v) is 3.30. The van der Waals surface area contributed by atoms with Gasteiger partial charge in [-0.25, -0.2) is 4.98 Å². The van der Waals surface area contributed by atoms with Crippen molar-refractivity contribution in [3.63, 3.8) is 0 Å². The van der Waals surface area contributed by atoms with E-state index in [9.17, 15) is 9.59 Å². The highest BCUT2D eigenvalue weighted by atomic mass is 35.5. The number of benzene rings is 1. The van der Waals surface area contributed by atoms with Crippen LogP contribution < -0.4 is 15.4 Å². The van der Waals surface area contributed by atoms with Crippen LogP contribution in [0.5, 0.6) is 5.88 Å². The van der Waals surface area contributed by atoms with Crippen LogP contribution in [-0.4, -0.2) is 52.9 Å². The van der Waals surface area contributed by atoms with Crippen molar-refractivity contribution in [1.82, 2.24) is 14.9 Å². The van der Waals surface area contributed by atoms with Crippen LogP contribution >= 0.6 is 11.6 Å². The minimum Gasteiger partial charge on any atom is -0.480 e. The van der Waals surface area contributed by atoms with E-state index in [-0.39, 0.29) is 17.9 Å². The number of carbonyl (C=O) groups excluding carboxylic acids is 2. The van der Waals surface area contributed by atoms with Gasteiger partial charge in [-0.3, -0.25) is 9.59 Å². The summed E-state index contributed by atoms with van der Waals surface area (Å²) in [6.07, 6.45) is 4.39. The van der Waals surface area contributed by atoms with Gasteiger partial charge in [-0.1, -0.05) is 24.2 Å². The Kier molecular flexibility index (Phi) is 6.66. The number of piperidine rings is 1. The van der Waals surface area contributed by atoms with Gasteiger partial charge in [0.05, 0.1) is 13.3 Å². The monoisotopic (exact) mass is 415 g/mol. The molecule has 0 saturated carbocycles. The molecule has 1 unspecified atom stereocenters. The van der Waals surface area contributed by atoms with Crippen molar-refractivity contribution in [3.05, 3.63) is 53.7 Å². The minimum absolute atomic E-state index is 0.00207. The van der Waals surface area contributed by atoms with E-state index in [0.29, 0.717) is 41.2 Å². The second-order valence-electron chi connectivity index (χ2n) is 6.56. The molecule has 1 aromatic heterocycles. The van der Waals surface area contributed by atoms with Crippen LogP contribution in [0.4, 0.5) is 11.6 Å². The van der Waals surface area contributed by atoms with Crippen molar-refractivity contribution in [2.24, 2.45) is 0 Å². The maximum Gasteiger partial charge on any atom is 0.253 e. The van der Waals surface area contributed by atoms with E-state index in [1.54, 1.807) is 29.2 Å². The minimum atomic E-state index is -0.324. The number of methoxy groups -OCH3 is 1. The molecule has 1 saturated heterocycles. The van der Waals surface area contributed by atoms with E-state index >= 15 is 0 Å². The van der Waals surface area contributed by atoms with Gasteiger partial charge < -0.3 is 20.3 Å². The topological polar surface area (TPSA) is 96.5 Å². The molecule has 0 radical (unpaired) electrons. The molecule has 2 heterocycles. The first-order chi connectivity index (χ1) is 14.0. The van der Waals surface area contributed by atoms with E-state index in [1.165, 1.54) is 19.4 Å². The Labute approximate surface area is 173 Å². The number of rotatable bonds is 6. The standard InChI is InChI=1S/C20H22ClN5O3/c1-3-17(27)23-14-7-4-6-13(10-14)19(28)26-9-5-8-15(12-26)24-20-22-11-16(21)18(25-20)29-2/h3-4,6-7,10-11,15H,1,5,8-9,12H2,2H3,(H,23,27)(H,22,24,25). The Morgan fingerprint density at radius 2 is 2.24 bits per heavy atom. The summed E-state index contributed by atoms with van der Waals surface area (Å²) in [7, 11) is 1.49. The lowest BCUT2D eigenvalue weighted by molar-refractivity contribution is -0.111. The van der Waals surface area contributed by atoms with Crippen LogP contribution in [0.1, 0.15) is 23.2 Å². The molecule has 8 nitrogen and oxygen atoms in total. The van der Waals surface area contributed by atoms with Crippen LogP contribution in [0.25, 0.3) is 0 Å². The molecule has 1 aliphatic rings. The Morgan fingerprint density at radius 1 is 1.41 bits per heavy atom. The van der Waals surface area contributed by atoms with Crippen molar-refractivity contribution in [1.29, 1.82) is 0 Å². The van der Waals surface area contributed by atoms with Gasteiger partial charge >= 0.3 is 0 Å². The quantitative estimate of drug-likeness (QED) is 0.704. The Bertz CT molecular complexity index is 921. The van der Waals surface area contributed by atoms with Gasteiger partial charge in [-0.2, -0.15) is 4.98 Å². The van der Waals surface area contributed by atoms with E-state index in [4.69, 9.17) is 16.3 Å². The highest BCUT2D eigenvalue weighted by molar-refractivity contribution is 6.31. The normalized spacial score (nSPS) is 16.1. The maximum atomic E-state index is 12.9. The van der Waals surface area contributed by atoms with E-state index in [0.717, 1.165) is 12.8 Å². The summed E-state index contributed by atoms with van der Waals surface area (Å²) in [5, 5.41) is 6.24. The molecule has 1 aromatic carbocycles. The molecule has 3 rings (SSSR count). The van der Waals surface area contributed by atoms with Crippen LogP contribution in [-0.2, 0) is 4.79 Å². The van der Waals surface area contributed by atoms with Crippen molar-refractivity contribution >= 4 is 35.1 Å². The first-order valence-corrected chi connectivity index (χ1v) is 9.53. The third-order valence-electron chi connectivity index (χ3n) is 4.51. The first kappa shape index (κ1) is 20.6. The molecule has 152 valence electrons. The Balaban J connectivity index is 1.67. The lowest BCUT2D eigenvalue weighted by Gasteiger charge is -2.33. The number of carbonyl (C=O) groups is 2. The number of likely N-dealkylation sites (tertiary alicyclic amines) is 1. The van der Waals surface area contributed by atoms with Gasteiger partial charge in [-0.05, 0) is 37.1 Å². The predicted octanol–water partition coefficient (Wildman–Crippen LogP) is 2.98. The molecule has 29 heavy (non-hydrogen) atoms. The number of halogens is 1. The third-order valence-corrected chi connectivity index (χ3v) is 4.77. The molecule has 0 spiro atoms. The van der Waals surface area contributed by atoms with E-state index in [2.05, 4.69) is 27.2 Å². The summed E-state index contributed by atoms with van der Waals surface area (Å²) in [4.78, 5) is 34.6. The number of aromatic nitrogens is 2. The zero-order valence-electron chi connectivity index (χ0n) is 16.0. The van der Waals surface area contributed by atoms with Gasteiger partial charge in [-0.15, -0.1) is 0 Å². The fraction of sp³-hybridized carbons (Fsp3) is 0.300. The molecule has 1 aliphatic heterocycles. The zero-order chi connectivity index (χ0) is 20.8. The predicted molar refractivity (Wildman–Crippen MR) is 111 cm³/mol. The largest absolute Gasteiger partial charge is 0.480 e. The number of amides is 2. The van der Waals surface area contributed by atoms with Gasteiger partial charge in [0.2, 0.25) is 17.7 Å². The Hall–Kier alpha value is -3.13. The van der Waals surface area contributed by atoms with Gasteiger partial charge in [0.25, 0.3) is 5.91 Å². The second-order valence-corrected chi connectivity index (χ2v) is 6.97. The number of hydrogen-bond acceptors (Lipinski definition) is 6. The highest BCUT2D eigenvalue weighted by Crippen LogP contribution is 2.23. The van der Waals surface area contributed by atoms with Crippen molar-refractivity contribution in [2.75, 3.05) is 30.8 Å². The summed E-state index contributed by atoms with van der Waals surface area (Å²) < 4.78 is 5.12. The molecule has 0 bridgehead atoms. The molecule has 0 aliphatic carbocycles. The average molecular weight is 416 g/mol.